The maximum Gasteiger partial charge on any atom is 0.223 e. The van der Waals surface area contributed by atoms with Gasteiger partial charge < -0.3 is 25.2 Å². The first-order chi connectivity index (χ1) is 16.3. The molecule has 1 atom stereocenters. The van der Waals surface area contributed by atoms with Gasteiger partial charge >= 0.3 is 0 Å². The van der Waals surface area contributed by atoms with Crippen molar-refractivity contribution in [1.29, 1.82) is 0 Å². The molecular weight excluding hydrogens is 450 g/mol. The van der Waals surface area contributed by atoms with Crippen LogP contribution in [0.3, 0.4) is 0 Å². The Morgan fingerprint density at radius 2 is 1.94 bits per heavy atom. The van der Waals surface area contributed by atoms with E-state index in [1.165, 1.54) is 0 Å². The molecule has 188 valence electrons. The van der Waals surface area contributed by atoms with Crippen LogP contribution in [0.4, 0.5) is 11.8 Å². The lowest BCUT2D eigenvalue weighted by Gasteiger charge is -2.24. The maximum absolute atomic E-state index is 6.60. The van der Waals surface area contributed by atoms with Crippen LogP contribution in [0.25, 0.3) is 0 Å². The molecule has 0 aromatic carbocycles. The van der Waals surface area contributed by atoms with Crippen molar-refractivity contribution < 1.29 is 4.74 Å². The number of aromatic nitrogens is 3. The van der Waals surface area contributed by atoms with Crippen LogP contribution in [0.2, 0.25) is 5.15 Å². The number of likely N-dealkylation sites (N-methyl/N-ethyl adjacent to an activating group) is 2. The minimum absolute atomic E-state index is 0.206. The van der Waals surface area contributed by atoms with Gasteiger partial charge in [0.2, 0.25) is 5.95 Å². The van der Waals surface area contributed by atoms with E-state index in [-0.39, 0.29) is 11.9 Å². The first-order valence-corrected chi connectivity index (χ1v) is 12.6. The summed E-state index contributed by atoms with van der Waals surface area (Å²) in [6.45, 7) is 15.3. The highest BCUT2D eigenvalue weighted by Crippen LogP contribution is 2.42. The fourth-order valence-electron chi connectivity index (χ4n) is 4.73. The number of nitrogen functional groups attached to an aromatic ring is 1. The molecule has 0 saturated heterocycles. The number of fused-ring (bicyclic) bond motifs is 1. The van der Waals surface area contributed by atoms with Crippen molar-refractivity contribution >= 4 is 23.4 Å². The van der Waals surface area contributed by atoms with Gasteiger partial charge in [0.05, 0.1) is 19.3 Å². The lowest BCUT2D eigenvalue weighted by molar-refractivity contribution is 0.233. The Balaban J connectivity index is 1.73. The van der Waals surface area contributed by atoms with Gasteiger partial charge in [-0.05, 0) is 53.4 Å². The van der Waals surface area contributed by atoms with Gasteiger partial charge in [-0.2, -0.15) is 4.98 Å². The molecule has 0 fully saturated rings. The van der Waals surface area contributed by atoms with E-state index in [0.717, 1.165) is 86.1 Å². The quantitative estimate of drug-likeness (QED) is 0.449. The van der Waals surface area contributed by atoms with Crippen molar-refractivity contribution in [2.24, 2.45) is 0 Å². The van der Waals surface area contributed by atoms with Gasteiger partial charge in [-0.1, -0.05) is 25.4 Å². The summed E-state index contributed by atoms with van der Waals surface area (Å²) >= 11 is 6.60. The van der Waals surface area contributed by atoms with Crippen molar-refractivity contribution in [1.82, 2.24) is 24.8 Å². The molecule has 8 nitrogen and oxygen atoms in total. The standard InChI is InChI=1S/C25H40ClN7O/c1-7-31(5)12-13-32(8-2)11-9-10-19-15-33(24-21(19)23(26)29-25(27)30-24)16-20-18(4)22(34-6)17(3)14-28-20/h14,19H,7-13,15-16H2,1-6H3,(H2,27,29,30). The van der Waals surface area contributed by atoms with Crippen molar-refractivity contribution in [3.05, 3.63) is 33.7 Å². The summed E-state index contributed by atoms with van der Waals surface area (Å²) in [7, 11) is 3.87. The molecule has 0 aliphatic carbocycles. The van der Waals surface area contributed by atoms with Gasteiger partial charge in [0.15, 0.2) is 0 Å². The molecule has 0 amide bonds. The van der Waals surface area contributed by atoms with Crippen LogP contribution in [0, 0.1) is 13.8 Å². The molecule has 2 N–H and O–H groups in total. The van der Waals surface area contributed by atoms with Gasteiger partial charge in [0, 0.05) is 48.4 Å². The first kappa shape index (κ1) is 26.4. The number of nitrogens with zero attached hydrogens (tertiary/aromatic N) is 6. The number of hydrogen-bond donors (Lipinski definition) is 1. The van der Waals surface area contributed by atoms with Gasteiger partial charge in [-0.3, -0.25) is 4.98 Å². The van der Waals surface area contributed by atoms with Crippen molar-refractivity contribution in [3.63, 3.8) is 0 Å². The third-order valence-corrected chi connectivity index (χ3v) is 7.24. The molecule has 3 heterocycles. The molecule has 1 aliphatic rings. The Kier molecular flexibility index (Phi) is 9.33. The van der Waals surface area contributed by atoms with Crippen LogP contribution >= 0.6 is 11.6 Å². The van der Waals surface area contributed by atoms with Gasteiger partial charge in [-0.25, -0.2) is 4.98 Å². The number of rotatable bonds is 12. The molecule has 3 rings (SSSR count). The van der Waals surface area contributed by atoms with E-state index >= 15 is 0 Å². The lowest BCUT2D eigenvalue weighted by Crippen LogP contribution is -2.34. The summed E-state index contributed by atoms with van der Waals surface area (Å²) in [6, 6.07) is 0. The largest absolute Gasteiger partial charge is 0.496 e. The predicted octanol–water partition coefficient (Wildman–Crippen LogP) is 3.89. The minimum atomic E-state index is 0.206. The Labute approximate surface area is 209 Å². The maximum atomic E-state index is 6.60. The number of hydrogen-bond acceptors (Lipinski definition) is 8. The molecule has 2 aromatic rings. The SMILES string of the molecule is CCN(C)CCN(CC)CCCC1CN(Cc2ncc(C)c(OC)c2C)c2nc(N)nc(Cl)c21. The Morgan fingerprint density at radius 1 is 1.18 bits per heavy atom. The van der Waals surface area contributed by atoms with E-state index in [0.29, 0.717) is 11.7 Å². The van der Waals surface area contributed by atoms with Crippen molar-refractivity contribution in [2.45, 2.75) is 53.0 Å². The molecular formula is C25H40ClN7O. The summed E-state index contributed by atoms with van der Waals surface area (Å²) in [5.41, 5.74) is 10.0. The number of halogens is 1. The van der Waals surface area contributed by atoms with Crippen LogP contribution in [-0.2, 0) is 6.54 Å². The lowest BCUT2D eigenvalue weighted by atomic mass is 9.98. The topological polar surface area (TPSA) is 83.6 Å². The number of ether oxygens (including phenoxy) is 1. The summed E-state index contributed by atoms with van der Waals surface area (Å²) < 4.78 is 5.60. The summed E-state index contributed by atoms with van der Waals surface area (Å²) in [4.78, 5) is 20.6. The second-order valence-electron chi connectivity index (χ2n) is 9.21. The van der Waals surface area contributed by atoms with Crippen LogP contribution in [-0.4, -0.2) is 78.2 Å². The number of nitrogens with two attached hydrogens (primary N) is 1. The van der Waals surface area contributed by atoms with E-state index < -0.39 is 0 Å². The normalized spacial score (nSPS) is 15.4. The number of pyridine rings is 1. The predicted molar refractivity (Wildman–Crippen MR) is 140 cm³/mol. The van der Waals surface area contributed by atoms with Gasteiger partial charge in [-0.15, -0.1) is 0 Å². The smallest absolute Gasteiger partial charge is 0.223 e. The zero-order chi connectivity index (χ0) is 24.8. The Morgan fingerprint density at radius 3 is 2.62 bits per heavy atom. The van der Waals surface area contributed by atoms with Crippen LogP contribution < -0.4 is 15.4 Å². The number of anilines is 2. The monoisotopic (exact) mass is 489 g/mol. The molecule has 0 spiro atoms. The van der Waals surface area contributed by atoms with E-state index in [1.807, 2.05) is 13.1 Å². The van der Waals surface area contributed by atoms with E-state index in [1.54, 1.807) is 7.11 Å². The molecule has 0 radical (unpaired) electrons. The van der Waals surface area contributed by atoms with Crippen molar-refractivity contribution in [2.75, 3.05) is 64.1 Å². The number of aryl methyl sites for hydroxylation is 1. The fraction of sp³-hybridized carbons (Fsp3) is 0.640. The summed E-state index contributed by atoms with van der Waals surface area (Å²) in [5.74, 6) is 2.19. The summed E-state index contributed by atoms with van der Waals surface area (Å²) in [6.07, 6.45) is 3.99. The van der Waals surface area contributed by atoms with Gasteiger partial charge in [0.1, 0.15) is 16.7 Å². The highest BCUT2D eigenvalue weighted by molar-refractivity contribution is 6.30. The molecule has 1 unspecified atom stereocenters. The van der Waals surface area contributed by atoms with E-state index in [2.05, 4.69) is 52.5 Å². The van der Waals surface area contributed by atoms with Crippen LogP contribution in [0.1, 0.15) is 55.0 Å². The van der Waals surface area contributed by atoms with Crippen molar-refractivity contribution in [3.8, 4) is 5.75 Å². The summed E-state index contributed by atoms with van der Waals surface area (Å²) in [5, 5.41) is 0.470. The van der Waals surface area contributed by atoms with E-state index in [9.17, 15) is 0 Å². The average Bonchev–Trinajstić information content (AvgIpc) is 3.15. The highest BCUT2D eigenvalue weighted by atomic mass is 35.5. The van der Waals surface area contributed by atoms with Crippen LogP contribution in [0.15, 0.2) is 6.20 Å². The molecule has 0 bridgehead atoms. The Hall–Kier alpha value is -2.16. The second-order valence-corrected chi connectivity index (χ2v) is 9.56. The second kappa shape index (κ2) is 12.0. The van der Waals surface area contributed by atoms with Gasteiger partial charge in [0.25, 0.3) is 0 Å². The zero-order valence-corrected chi connectivity index (χ0v) is 22.3. The molecule has 2 aromatic heterocycles. The van der Waals surface area contributed by atoms with Crippen LogP contribution in [0.5, 0.6) is 5.75 Å². The number of methoxy groups -OCH3 is 1. The fourth-order valence-corrected chi connectivity index (χ4v) is 5.05. The zero-order valence-electron chi connectivity index (χ0n) is 21.6. The van der Waals surface area contributed by atoms with E-state index in [4.69, 9.17) is 27.1 Å². The molecule has 9 heteroatoms. The molecule has 34 heavy (non-hydrogen) atoms. The third kappa shape index (κ3) is 6.09. The minimum Gasteiger partial charge on any atom is -0.496 e. The Bertz CT molecular complexity index is 971. The molecule has 0 saturated carbocycles. The highest BCUT2D eigenvalue weighted by Gasteiger charge is 2.34. The first-order valence-electron chi connectivity index (χ1n) is 12.3. The third-order valence-electron chi connectivity index (χ3n) is 6.95. The average molecular weight is 490 g/mol. The molecule has 1 aliphatic heterocycles.